The summed E-state index contributed by atoms with van der Waals surface area (Å²) in [7, 11) is 0. The lowest BCUT2D eigenvalue weighted by Crippen LogP contribution is -2.09. The lowest BCUT2D eigenvalue weighted by molar-refractivity contribution is 0.0994. The Morgan fingerprint density at radius 2 is 2.26 bits per heavy atom. The third kappa shape index (κ3) is 2.26. The second kappa shape index (κ2) is 4.88. The van der Waals surface area contributed by atoms with Gasteiger partial charge in [0.1, 0.15) is 18.2 Å². The van der Waals surface area contributed by atoms with E-state index in [0.717, 1.165) is 35.7 Å². The van der Waals surface area contributed by atoms with E-state index in [2.05, 4.69) is 4.98 Å². The van der Waals surface area contributed by atoms with E-state index in [9.17, 15) is 4.79 Å². The van der Waals surface area contributed by atoms with E-state index in [1.807, 2.05) is 35.9 Å². The van der Waals surface area contributed by atoms with Gasteiger partial charge in [0.2, 0.25) is 0 Å². The van der Waals surface area contributed by atoms with Crippen LogP contribution in [0.2, 0.25) is 0 Å². The van der Waals surface area contributed by atoms with Crippen molar-refractivity contribution >= 4 is 5.78 Å². The molecule has 1 aromatic carbocycles. The maximum Gasteiger partial charge on any atom is 0.163 e. The summed E-state index contributed by atoms with van der Waals surface area (Å²) in [6.07, 6.45) is 5.14. The van der Waals surface area contributed by atoms with Gasteiger partial charge in [0, 0.05) is 29.9 Å². The molecule has 4 nitrogen and oxygen atoms in total. The highest BCUT2D eigenvalue weighted by Gasteiger charge is 2.22. The third-order valence-corrected chi connectivity index (χ3v) is 3.55. The molecule has 0 atom stereocenters. The quantitative estimate of drug-likeness (QED) is 0.843. The SMILES string of the molecule is Cc1nccn1CCOc1cccc2c1CCC2=O. The summed E-state index contributed by atoms with van der Waals surface area (Å²) in [6, 6.07) is 5.72. The largest absolute Gasteiger partial charge is 0.491 e. The van der Waals surface area contributed by atoms with Crippen LogP contribution in [-0.2, 0) is 13.0 Å². The van der Waals surface area contributed by atoms with Crippen molar-refractivity contribution in [1.82, 2.24) is 9.55 Å². The van der Waals surface area contributed by atoms with Crippen LogP contribution in [0.3, 0.4) is 0 Å². The first-order valence-electron chi connectivity index (χ1n) is 6.51. The molecular formula is C15H16N2O2. The molecule has 19 heavy (non-hydrogen) atoms. The average Bonchev–Trinajstić information content (AvgIpc) is 2.98. The lowest BCUT2D eigenvalue weighted by atomic mass is 10.1. The Balaban J connectivity index is 1.68. The molecule has 1 heterocycles. The topological polar surface area (TPSA) is 44.1 Å². The second-order valence-electron chi connectivity index (χ2n) is 4.72. The Labute approximate surface area is 112 Å². The summed E-state index contributed by atoms with van der Waals surface area (Å²) in [5.41, 5.74) is 1.89. The standard InChI is InChI=1S/C15H16N2O2/c1-11-16-7-8-17(11)9-10-19-15-4-2-3-12-13(15)5-6-14(12)18/h2-4,7-8H,5-6,9-10H2,1H3. The van der Waals surface area contributed by atoms with Gasteiger partial charge in [0.15, 0.2) is 5.78 Å². The van der Waals surface area contributed by atoms with Crippen molar-refractivity contribution in [3.05, 3.63) is 47.5 Å². The van der Waals surface area contributed by atoms with Crippen LogP contribution in [0.5, 0.6) is 5.75 Å². The molecule has 0 unspecified atom stereocenters. The van der Waals surface area contributed by atoms with Crippen LogP contribution >= 0.6 is 0 Å². The van der Waals surface area contributed by atoms with E-state index in [-0.39, 0.29) is 5.78 Å². The fourth-order valence-corrected chi connectivity index (χ4v) is 2.49. The van der Waals surface area contributed by atoms with Gasteiger partial charge in [-0.15, -0.1) is 0 Å². The smallest absolute Gasteiger partial charge is 0.163 e. The number of benzene rings is 1. The normalized spacial score (nSPS) is 13.6. The van der Waals surface area contributed by atoms with Gasteiger partial charge < -0.3 is 9.30 Å². The Bertz CT molecular complexity index is 616. The van der Waals surface area contributed by atoms with Gasteiger partial charge in [-0.1, -0.05) is 12.1 Å². The molecule has 4 heteroatoms. The molecular weight excluding hydrogens is 240 g/mol. The minimum atomic E-state index is 0.228. The zero-order valence-corrected chi connectivity index (χ0v) is 10.9. The van der Waals surface area contributed by atoms with Gasteiger partial charge in [-0.2, -0.15) is 0 Å². The Kier molecular flexibility index (Phi) is 3.07. The number of fused-ring (bicyclic) bond motifs is 1. The highest BCUT2D eigenvalue weighted by atomic mass is 16.5. The van der Waals surface area contributed by atoms with Crippen LogP contribution in [0.4, 0.5) is 0 Å². The van der Waals surface area contributed by atoms with Gasteiger partial charge in [-0.05, 0) is 19.4 Å². The molecule has 0 aliphatic heterocycles. The van der Waals surface area contributed by atoms with Crippen molar-refractivity contribution in [2.75, 3.05) is 6.61 Å². The highest BCUT2D eigenvalue weighted by Crippen LogP contribution is 2.30. The molecule has 0 N–H and O–H groups in total. The predicted molar refractivity (Wildman–Crippen MR) is 71.6 cm³/mol. The molecule has 1 aliphatic rings. The number of ketones is 1. The van der Waals surface area contributed by atoms with Crippen molar-refractivity contribution < 1.29 is 9.53 Å². The van der Waals surface area contributed by atoms with Crippen LogP contribution in [0.15, 0.2) is 30.6 Å². The zero-order valence-electron chi connectivity index (χ0n) is 10.9. The summed E-state index contributed by atoms with van der Waals surface area (Å²) < 4.78 is 7.87. The average molecular weight is 256 g/mol. The van der Waals surface area contributed by atoms with Gasteiger partial charge in [0.05, 0.1) is 6.54 Å². The Hall–Kier alpha value is -2.10. The number of aryl methyl sites for hydroxylation is 1. The van der Waals surface area contributed by atoms with Crippen LogP contribution in [-0.4, -0.2) is 21.9 Å². The van der Waals surface area contributed by atoms with E-state index in [1.54, 1.807) is 6.20 Å². The maximum absolute atomic E-state index is 11.7. The van der Waals surface area contributed by atoms with Gasteiger partial charge in [0.25, 0.3) is 0 Å². The molecule has 0 saturated carbocycles. The molecule has 3 rings (SSSR count). The van der Waals surface area contributed by atoms with Crippen LogP contribution in [0.1, 0.15) is 28.2 Å². The van der Waals surface area contributed by atoms with Gasteiger partial charge >= 0.3 is 0 Å². The molecule has 0 bridgehead atoms. The van der Waals surface area contributed by atoms with E-state index in [4.69, 9.17) is 4.74 Å². The van der Waals surface area contributed by atoms with E-state index in [0.29, 0.717) is 13.0 Å². The predicted octanol–water partition coefficient (Wildman–Crippen LogP) is 2.40. The molecule has 98 valence electrons. The first-order chi connectivity index (χ1) is 9.25. The number of nitrogens with zero attached hydrogens (tertiary/aromatic N) is 2. The first kappa shape index (κ1) is 12.0. The summed E-state index contributed by atoms with van der Waals surface area (Å²) in [4.78, 5) is 15.8. The maximum atomic E-state index is 11.7. The molecule has 1 aliphatic carbocycles. The number of imidazole rings is 1. The monoisotopic (exact) mass is 256 g/mol. The minimum Gasteiger partial charge on any atom is -0.491 e. The fraction of sp³-hybridized carbons (Fsp3) is 0.333. The third-order valence-electron chi connectivity index (χ3n) is 3.55. The molecule has 0 radical (unpaired) electrons. The van der Waals surface area contributed by atoms with Crippen LogP contribution < -0.4 is 4.74 Å². The summed E-state index contributed by atoms with van der Waals surface area (Å²) in [6.45, 7) is 3.32. The summed E-state index contributed by atoms with van der Waals surface area (Å²) in [5.74, 6) is 2.06. The number of hydrogen-bond donors (Lipinski definition) is 0. The summed E-state index contributed by atoms with van der Waals surface area (Å²) >= 11 is 0. The molecule has 0 fully saturated rings. The van der Waals surface area contributed by atoms with Crippen LogP contribution in [0, 0.1) is 6.92 Å². The Morgan fingerprint density at radius 3 is 3.05 bits per heavy atom. The number of rotatable bonds is 4. The number of hydrogen-bond acceptors (Lipinski definition) is 3. The molecule has 0 saturated heterocycles. The number of Topliss-reactive ketones (excluding diaryl/α,β-unsaturated/α-hetero) is 1. The van der Waals surface area contributed by atoms with Crippen molar-refractivity contribution in [2.45, 2.75) is 26.3 Å². The lowest BCUT2D eigenvalue weighted by Gasteiger charge is -2.11. The van der Waals surface area contributed by atoms with Crippen LogP contribution in [0.25, 0.3) is 0 Å². The van der Waals surface area contributed by atoms with Crippen molar-refractivity contribution in [1.29, 1.82) is 0 Å². The fourth-order valence-electron chi connectivity index (χ4n) is 2.49. The zero-order chi connectivity index (χ0) is 13.2. The molecule has 2 aromatic rings. The number of carbonyl (C=O) groups is 1. The van der Waals surface area contributed by atoms with Crippen molar-refractivity contribution in [2.24, 2.45) is 0 Å². The van der Waals surface area contributed by atoms with Crippen molar-refractivity contribution in [3.63, 3.8) is 0 Å². The first-order valence-corrected chi connectivity index (χ1v) is 6.51. The van der Waals surface area contributed by atoms with Gasteiger partial charge in [-0.25, -0.2) is 4.98 Å². The van der Waals surface area contributed by atoms with E-state index in [1.165, 1.54) is 0 Å². The van der Waals surface area contributed by atoms with E-state index >= 15 is 0 Å². The second-order valence-corrected chi connectivity index (χ2v) is 4.72. The highest BCUT2D eigenvalue weighted by molar-refractivity contribution is 6.01. The Morgan fingerprint density at radius 1 is 1.37 bits per heavy atom. The van der Waals surface area contributed by atoms with Crippen molar-refractivity contribution in [3.8, 4) is 5.75 Å². The van der Waals surface area contributed by atoms with Gasteiger partial charge in [-0.3, -0.25) is 4.79 Å². The molecule has 0 amide bonds. The van der Waals surface area contributed by atoms with E-state index < -0.39 is 0 Å². The summed E-state index contributed by atoms with van der Waals surface area (Å²) in [5, 5.41) is 0. The minimum absolute atomic E-state index is 0.228. The molecule has 1 aromatic heterocycles. The number of ether oxygens (including phenoxy) is 1. The molecule has 0 spiro atoms. The number of carbonyl (C=O) groups excluding carboxylic acids is 1. The number of aromatic nitrogens is 2.